The van der Waals surface area contributed by atoms with Gasteiger partial charge >= 0.3 is 5.97 Å². The van der Waals surface area contributed by atoms with Crippen LogP contribution < -0.4 is 9.44 Å². The third-order valence-electron chi connectivity index (χ3n) is 3.69. The van der Waals surface area contributed by atoms with Crippen molar-refractivity contribution in [2.45, 2.75) is 23.1 Å². The Morgan fingerprint density at radius 1 is 0.889 bits per heavy atom. The molecule has 2 rings (SSSR count). The lowest BCUT2D eigenvalue weighted by atomic mass is 10.2. The molecule has 0 radical (unpaired) electrons. The van der Waals surface area contributed by atoms with Crippen molar-refractivity contribution in [3.8, 4) is 0 Å². The predicted molar refractivity (Wildman–Crippen MR) is 100 cm³/mol. The van der Waals surface area contributed by atoms with Crippen LogP contribution in [0.2, 0.25) is 0 Å². The van der Waals surface area contributed by atoms with Gasteiger partial charge in [-0.15, -0.1) is 0 Å². The van der Waals surface area contributed by atoms with Crippen LogP contribution >= 0.6 is 0 Å². The molecule has 0 bridgehead atoms. The summed E-state index contributed by atoms with van der Waals surface area (Å²) in [6.45, 7) is 1.47. The zero-order valence-corrected chi connectivity index (χ0v) is 16.4. The van der Waals surface area contributed by atoms with Gasteiger partial charge in [0.25, 0.3) is 10.0 Å². The van der Waals surface area contributed by atoms with Gasteiger partial charge in [0.2, 0.25) is 10.0 Å². The molecule has 0 aromatic heterocycles. The molecule has 0 atom stereocenters. The first-order valence-corrected chi connectivity index (χ1v) is 10.9. The standard InChI is InChI=1S/C17H20N2O6S2/c1-3-13-4-8-16(9-5-13)27(23,24)19-14-6-10-15(11-7-14)26(21,22)18-12-17(20)25-2/h4-11,18-19H,3,12H2,1-2H3. The molecule has 10 heteroatoms. The van der Waals surface area contributed by atoms with E-state index in [1.165, 1.54) is 36.4 Å². The van der Waals surface area contributed by atoms with Gasteiger partial charge < -0.3 is 4.74 Å². The number of rotatable bonds is 8. The van der Waals surface area contributed by atoms with Crippen LogP contribution in [-0.2, 0) is 36.0 Å². The van der Waals surface area contributed by atoms with Gasteiger partial charge in [0.15, 0.2) is 0 Å². The van der Waals surface area contributed by atoms with Crippen molar-refractivity contribution in [2.75, 3.05) is 18.4 Å². The lowest BCUT2D eigenvalue weighted by molar-refractivity contribution is -0.139. The third-order valence-corrected chi connectivity index (χ3v) is 6.51. The highest BCUT2D eigenvalue weighted by molar-refractivity contribution is 7.92. The first-order valence-electron chi connectivity index (χ1n) is 7.96. The van der Waals surface area contributed by atoms with Gasteiger partial charge in [-0.05, 0) is 48.4 Å². The topological polar surface area (TPSA) is 119 Å². The number of hydrogen-bond donors (Lipinski definition) is 2. The Bertz CT molecular complexity index is 998. The van der Waals surface area contributed by atoms with Crippen LogP contribution in [0, 0.1) is 0 Å². The van der Waals surface area contributed by atoms with Gasteiger partial charge in [-0.2, -0.15) is 4.72 Å². The number of hydrogen-bond acceptors (Lipinski definition) is 6. The quantitative estimate of drug-likeness (QED) is 0.634. The van der Waals surface area contributed by atoms with Crippen LogP contribution in [0.25, 0.3) is 0 Å². The van der Waals surface area contributed by atoms with Crippen LogP contribution in [0.5, 0.6) is 0 Å². The second-order valence-electron chi connectivity index (χ2n) is 5.53. The molecule has 0 saturated carbocycles. The zero-order valence-electron chi connectivity index (χ0n) is 14.8. The predicted octanol–water partition coefficient (Wildman–Crippen LogP) is 1.50. The Kier molecular flexibility index (Phi) is 6.58. The summed E-state index contributed by atoms with van der Waals surface area (Å²) >= 11 is 0. The van der Waals surface area contributed by atoms with E-state index in [9.17, 15) is 21.6 Å². The molecule has 0 amide bonds. The normalized spacial score (nSPS) is 11.8. The average molecular weight is 412 g/mol. The number of aryl methyl sites for hydroxylation is 1. The summed E-state index contributed by atoms with van der Waals surface area (Å²) in [7, 11) is -6.56. The number of anilines is 1. The van der Waals surface area contributed by atoms with Crippen molar-refractivity contribution in [3.05, 3.63) is 54.1 Å². The first-order chi connectivity index (χ1) is 12.7. The van der Waals surface area contributed by atoms with Crippen LogP contribution in [0.3, 0.4) is 0 Å². The minimum atomic E-state index is -3.91. The number of methoxy groups -OCH3 is 1. The number of sulfonamides is 2. The van der Waals surface area contributed by atoms with Gasteiger partial charge in [-0.25, -0.2) is 16.8 Å². The zero-order chi connectivity index (χ0) is 20.1. The highest BCUT2D eigenvalue weighted by atomic mass is 32.2. The lowest BCUT2D eigenvalue weighted by Crippen LogP contribution is -2.30. The molecular formula is C17H20N2O6S2. The van der Waals surface area contributed by atoms with Gasteiger partial charge in [-0.1, -0.05) is 19.1 Å². The maximum atomic E-state index is 12.4. The van der Waals surface area contributed by atoms with Crippen LogP contribution in [0.15, 0.2) is 58.3 Å². The molecule has 2 aromatic rings. The molecule has 0 unspecified atom stereocenters. The number of nitrogens with one attached hydrogen (secondary N) is 2. The minimum Gasteiger partial charge on any atom is -0.468 e. The Balaban J connectivity index is 2.13. The van der Waals surface area contributed by atoms with Gasteiger partial charge in [-0.3, -0.25) is 9.52 Å². The van der Waals surface area contributed by atoms with Crippen molar-refractivity contribution in [2.24, 2.45) is 0 Å². The average Bonchev–Trinajstić information content (AvgIpc) is 2.66. The summed E-state index contributed by atoms with van der Waals surface area (Å²) in [6, 6.07) is 11.6. The highest BCUT2D eigenvalue weighted by Gasteiger charge is 2.17. The van der Waals surface area contributed by atoms with E-state index in [0.717, 1.165) is 19.1 Å². The SMILES string of the molecule is CCc1ccc(S(=O)(=O)Nc2ccc(S(=O)(=O)NCC(=O)OC)cc2)cc1. The molecule has 2 N–H and O–H groups in total. The van der Waals surface area contributed by atoms with Crippen molar-refractivity contribution < 1.29 is 26.4 Å². The summed E-state index contributed by atoms with van der Waals surface area (Å²) in [5.74, 6) is -0.725. The first kappa shape index (κ1) is 20.9. The van der Waals surface area contributed by atoms with E-state index in [4.69, 9.17) is 0 Å². The van der Waals surface area contributed by atoms with Gasteiger partial charge in [0.05, 0.1) is 16.9 Å². The Morgan fingerprint density at radius 2 is 1.41 bits per heavy atom. The summed E-state index contributed by atoms with van der Waals surface area (Å²) in [5.41, 5.74) is 1.23. The van der Waals surface area contributed by atoms with Gasteiger partial charge in [0.1, 0.15) is 6.54 Å². The summed E-state index contributed by atoms with van der Waals surface area (Å²) in [4.78, 5) is 11.0. The fourth-order valence-corrected chi connectivity index (χ4v) is 4.16. The van der Waals surface area contributed by atoms with E-state index in [2.05, 4.69) is 14.2 Å². The van der Waals surface area contributed by atoms with E-state index in [1.54, 1.807) is 12.1 Å². The largest absolute Gasteiger partial charge is 0.468 e. The molecule has 8 nitrogen and oxygen atoms in total. The summed E-state index contributed by atoms with van der Waals surface area (Å²) in [5, 5.41) is 0. The van der Waals surface area contributed by atoms with Crippen molar-refractivity contribution in [1.29, 1.82) is 0 Å². The molecule has 0 aliphatic rings. The van der Waals surface area contributed by atoms with Crippen molar-refractivity contribution in [3.63, 3.8) is 0 Å². The number of carbonyl (C=O) groups excluding carboxylic acids is 1. The fourth-order valence-electron chi connectivity index (χ4n) is 2.13. The van der Waals surface area contributed by atoms with E-state index >= 15 is 0 Å². The molecule has 0 fully saturated rings. The number of ether oxygens (including phenoxy) is 1. The number of carbonyl (C=O) groups is 1. The molecule has 146 valence electrons. The highest BCUT2D eigenvalue weighted by Crippen LogP contribution is 2.19. The molecular weight excluding hydrogens is 392 g/mol. The molecule has 0 spiro atoms. The third kappa shape index (κ3) is 5.52. The maximum absolute atomic E-state index is 12.4. The molecule has 2 aromatic carbocycles. The molecule has 27 heavy (non-hydrogen) atoms. The van der Waals surface area contributed by atoms with Crippen molar-refractivity contribution >= 4 is 31.7 Å². The van der Waals surface area contributed by atoms with Crippen LogP contribution in [-0.4, -0.2) is 36.5 Å². The molecule has 0 heterocycles. The number of benzene rings is 2. The smallest absolute Gasteiger partial charge is 0.320 e. The Labute approximate surface area is 158 Å². The number of esters is 1. The molecule has 0 aliphatic carbocycles. The maximum Gasteiger partial charge on any atom is 0.320 e. The van der Waals surface area contributed by atoms with E-state index in [1.807, 2.05) is 6.92 Å². The second kappa shape index (κ2) is 8.51. The minimum absolute atomic E-state index is 0.108. The summed E-state index contributed by atoms with van der Waals surface area (Å²) in [6.07, 6.45) is 0.799. The second-order valence-corrected chi connectivity index (χ2v) is 8.98. The fraction of sp³-hybridized carbons (Fsp3) is 0.235. The van der Waals surface area contributed by atoms with E-state index in [0.29, 0.717) is 0 Å². The molecule has 0 aliphatic heterocycles. The summed E-state index contributed by atoms with van der Waals surface area (Å²) < 4.78 is 57.8. The van der Waals surface area contributed by atoms with Crippen LogP contribution in [0.1, 0.15) is 12.5 Å². The van der Waals surface area contributed by atoms with Crippen molar-refractivity contribution in [1.82, 2.24) is 4.72 Å². The van der Waals surface area contributed by atoms with E-state index < -0.39 is 32.6 Å². The van der Waals surface area contributed by atoms with Gasteiger partial charge in [0, 0.05) is 5.69 Å². The van der Waals surface area contributed by atoms with E-state index in [-0.39, 0.29) is 15.5 Å². The van der Waals surface area contributed by atoms with Crippen LogP contribution in [0.4, 0.5) is 5.69 Å². The molecule has 0 saturated heterocycles. The monoisotopic (exact) mass is 412 g/mol. The Hall–Kier alpha value is -2.43. The lowest BCUT2D eigenvalue weighted by Gasteiger charge is -2.10. The Morgan fingerprint density at radius 3 is 1.93 bits per heavy atom.